The van der Waals surface area contributed by atoms with Gasteiger partial charge in [-0.15, -0.1) is 0 Å². The van der Waals surface area contributed by atoms with Gasteiger partial charge in [-0.05, 0) is 0 Å². The number of amides is 1. The van der Waals surface area contributed by atoms with Crippen LogP contribution in [0.5, 0.6) is 0 Å². The van der Waals surface area contributed by atoms with Gasteiger partial charge in [0.2, 0.25) is 5.91 Å². The Balaban J connectivity index is 2.40. The molecule has 15 heavy (non-hydrogen) atoms. The van der Waals surface area contributed by atoms with Crippen molar-refractivity contribution in [2.75, 3.05) is 20.3 Å². The number of rotatable bonds is 6. The summed E-state index contributed by atoms with van der Waals surface area (Å²) in [6, 6.07) is 0. The molecule has 0 spiro atoms. The van der Waals surface area contributed by atoms with Gasteiger partial charge in [0.05, 0.1) is 6.61 Å². The minimum absolute atomic E-state index is 0.0950. The van der Waals surface area contributed by atoms with E-state index in [1.54, 1.807) is 13.3 Å². The average molecular weight is 211 g/mol. The van der Waals surface area contributed by atoms with Crippen LogP contribution in [0.1, 0.15) is 10.6 Å². The van der Waals surface area contributed by atoms with Gasteiger partial charge in [0.1, 0.15) is 6.54 Å². The zero-order chi connectivity index (χ0) is 11.1. The Morgan fingerprint density at radius 1 is 1.73 bits per heavy atom. The van der Waals surface area contributed by atoms with Crippen LogP contribution < -0.4 is 5.32 Å². The first-order chi connectivity index (χ1) is 7.27. The molecule has 0 aromatic carbocycles. The quantitative estimate of drug-likeness (QED) is 0.506. The first-order valence-electron chi connectivity index (χ1n) is 4.50. The lowest BCUT2D eigenvalue weighted by atomic mass is 10.5. The van der Waals surface area contributed by atoms with Crippen molar-refractivity contribution in [3.8, 4) is 0 Å². The van der Waals surface area contributed by atoms with E-state index in [-0.39, 0.29) is 18.3 Å². The fraction of sp³-hybridized carbons (Fsp3) is 0.444. The molecule has 0 saturated heterocycles. The van der Waals surface area contributed by atoms with Crippen LogP contribution in [0.2, 0.25) is 0 Å². The van der Waals surface area contributed by atoms with Crippen molar-refractivity contribution in [2.45, 2.75) is 6.54 Å². The van der Waals surface area contributed by atoms with Gasteiger partial charge < -0.3 is 14.6 Å². The van der Waals surface area contributed by atoms with Crippen molar-refractivity contribution in [2.24, 2.45) is 0 Å². The van der Waals surface area contributed by atoms with Crippen LogP contribution in [0.25, 0.3) is 0 Å². The highest BCUT2D eigenvalue weighted by Gasteiger charge is 2.05. The molecule has 0 saturated carbocycles. The molecule has 0 aliphatic carbocycles. The predicted octanol–water partition coefficient (Wildman–Crippen LogP) is -0.542. The monoisotopic (exact) mass is 211 g/mol. The molecule has 0 bridgehead atoms. The standard InChI is InChI=1S/C9H13N3O3/c1-15-5-3-11-9(14)6-12-4-2-10-8(12)7-13/h2,4,7H,3,5-6H2,1H3,(H,11,14). The molecule has 6 nitrogen and oxygen atoms in total. The highest BCUT2D eigenvalue weighted by Crippen LogP contribution is 1.93. The van der Waals surface area contributed by atoms with Crippen molar-refractivity contribution in [3.05, 3.63) is 18.2 Å². The number of imidazole rings is 1. The minimum Gasteiger partial charge on any atom is -0.383 e. The lowest BCUT2D eigenvalue weighted by Crippen LogP contribution is -2.30. The topological polar surface area (TPSA) is 73.2 Å². The molecule has 1 heterocycles. The van der Waals surface area contributed by atoms with Crippen LogP contribution in [-0.4, -0.2) is 42.0 Å². The summed E-state index contributed by atoms with van der Waals surface area (Å²) in [5.74, 6) is 0.0741. The molecule has 1 amide bonds. The molecule has 82 valence electrons. The van der Waals surface area contributed by atoms with Crippen LogP contribution in [0.3, 0.4) is 0 Å². The molecule has 1 aromatic rings. The highest BCUT2D eigenvalue weighted by atomic mass is 16.5. The third kappa shape index (κ3) is 3.51. The number of nitrogens with zero attached hydrogens (tertiary/aromatic N) is 2. The summed E-state index contributed by atoms with van der Waals surface area (Å²) in [7, 11) is 1.56. The summed E-state index contributed by atoms with van der Waals surface area (Å²) in [5.41, 5.74) is 0. The molecule has 0 aliphatic rings. The van der Waals surface area contributed by atoms with Crippen LogP contribution >= 0.6 is 0 Å². The van der Waals surface area contributed by atoms with Crippen LogP contribution in [0, 0.1) is 0 Å². The van der Waals surface area contributed by atoms with E-state index in [4.69, 9.17) is 4.74 Å². The Morgan fingerprint density at radius 2 is 2.53 bits per heavy atom. The molecule has 6 heteroatoms. The van der Waals surface area contributed by atoms with Crippen LogP contribution in [-0.2, 0) is 16.1 Å². The van der Waals surface area contributed by atoms with Gasteiger partial charge in [0, 0.05) is 26.0 Å². The Hall–Kier alpha value is -1.69. The molecule has 0 atom stereocenters. The van der Waals surface area contributed by atoms with Gasteiger partial charge in [0.15, 0.2) is 12.1 Å². The third-order valence-corrected chi connectivity index (χ3v) is 1.80. The van der Waals surface area contributed by atoms with E-state index in [0.29, 0.717) is 19.4 Å². The van der Waals surface area contributed by atoms with Crippen molar-refractivity contribution in [3.63, 3.8) is 0 Å². The van der Waals surface area contributed by atoms with Gasteiger partial charge in [-0.2, -0.15) is 0 Å². The number of methoxy groups -OCH3 is 1. The van der Waals surface area contributed by atoms with Crippen LogP contribution in [0.15, 0.2) is 12.4 Å². The third-order valence-electron chi connectivity index (χ3n) is 1.80. The molecule has 1 aromatic heterocycles. The number of aldehydes is 1. The largest absolute Gasteiger partial charge is 0.383 e. The Labute approximate surface area is 87.2 Å². The van der Waals surface area contributed by atoms with Crippen molar-refractivity contribution < 1.29 is 14.3 Å². The van der Waals surface area contributed by atoms with Gasteiger partial charge in [0.25, 0.3) is 0 Å². The lowest BCUT2D eigenvalue weighted by molar-refractivity contribution is -0.121. The van der Waals surface area contributed by atoms with Gasteiger partial charge >= 0.3 is 0 Å². The summed E-state index contributed by atoms with van der Waals surface area (Å²) in [6.07, 6.45) is 3.67. The first kappa shape index (κ1) is 11.4. The van der Waals surface area contributed by atoms with E-state index in [9.17, 15) is 9.59 Å². The number of hydrogen-bond acceptors (Lipinski definition) is 4. The van der Waals surface area contributed by atoms with E-state index >= 15 is 0 Å². The number of aromatic nitrogens is 2. The van der Waals surface area contributed by atoms with E-state index in [1.807, 2.05) is 0 Å². The fourth-order valence-electron chi connectivity index (χ4n) is 1.08. The summed E-state index contributed by atoms with van der Waals surface area (Å²) < 4.78 is 6.26. The summed E-state index contributed by atoms with van der Waals surface area (Å²) in [5, 5.41) is 2.64. The zero-order valence-corrected chi connectivity index (χ0v) is 8.47. The second-order valence-electron chi connectivity index (χ2n) is 2.87. The van der Waals surface area contributed by atoms with Gasteiger partial charge in [-0.1, -0.05) is 0 Å². The normalized spacial score (nSPS) is 9.93. The van der Waals surface area contributed by atoms with E-state index < -0.39 is 0 Å². The number of nitrogens with one attached hydrogen (secondary N) is 1. The molecule has 0 aliphatic heterocycles. The summed E-state index contributed by atoms with van der Waals surface area (Å²) >= 11 is 0. The average Bonchev–Trinajstić information content (AvgIpc) is 2.65. The molecule has 0 radical (unpaired) electrons. The van der Waals surface area contributed by atoms with Gasteiger partial charge in [-0.3, -0.25) is 9.59 Å². The molecule has 0 unspecified atom stereocenters. The number of hydrogen-bond donors (Lipinski definition) is 1. The second kappa shape index (κ2) is 5.92. The number of carbonyl (C=O) groups is 2. The molecule has 1 rings (SSSR count). The maximum Gasteiger partial charge on any atom is 0.240 e. The van der Waals surface area contributed by atoms with Crippen molar-refractivity contribution in [1.29, 1.82) is 0 Å². The lowest BCUT2D eigenvalue weighted by Gasteiger charge is -2.05. The first-order valence-corrected chi connectivity index (χ1v) is 4.50. The van der Waals surface area contributed by atoms with E-state index in [1.165, 1.54) is 10.8 Å². The Kier molecular flexibility index (Phi) is 4.49. The number of ether oxygens (including phenoxy) is 1. The molecule has 1 N–H and O–H groups in total. The minimum atomic E-state index is -0.173. The zero-order valence-electron chi connectivity index (χ0n) is 8.47. The molecule has 0 fully saturated rings. The highest BCUT2D eigenvalue weighted by molar-refractivity contribution is 5.77. The van der Waals surface area contributed by atoms with Crippen molar-refractivity contribution >= 4 is 12.2 Å². The Bertz CT molecular complexity index is 335. The molecular formula is C9H13N3O3. The predicted molar refractivity (Wildman–Crippen MR) is 52.5 cm³/mol. The fourth-order valence-corrected chi connectivity index (χ4v) is 1.08. The number of carbonyl (C=O) groups excluding carboxylic acids is 2. The Morgan fingerprint density at radius 3 is 3.20 bits per heavy atom. The molecular weight excluding hydrogens is 198 g/mol. The van der Waals surface area contributed by atoms with Crippen molar-refractivity contribution in [1.82, 2.24) is 14.9 Å². The summed E-state index contributed by atoms with van der Waals surface area (Å²) in [6.45, 7) is 1.02. The second-order valence-corrected chi connectivity index (χ2v) is 2.87. The van der Waals surface area contributed by atoms with Gasteiger partial charge in [-0.25, -0.2) is 4.98 Å². The summed E-state index contributed by atoms with van der Waals surface area (Å²) in [4.78, 5) is 25.6. The smallest absolute Gasteiger partial charge is 0.240 e. The van der Waals surface area contributed by atoms with E-state index in [2.05, 4.69) is 10.3 Å². The maximum atomic E-state index is 11.3. The SMILES string of the molecule is COCCNC(=O)Cn1ccnc1C=O. The maximum absolute atomic E-state index is 11.3. The van der Waals surface area contributed by atoms with Crippen LogP contribution in [0.4, 0.5) is 0 Å². The van der Waals surface area contributed by atoms with E-state index in [0.717, 1.165) is 0 Å².